The number of hydrogen-bond donors (Lipinski definition) is 2. The van der Waals surface area contributed by atoms with E-state index >= 15 is 0 Å². The highest BCUT2D eigenvalue weighted by molar-refractivity contribution is 7.47. The molecule has 0 rings (SSSR count). The van der Waals surface area contributed by atoms with E-state index in [2.05, 4.69) is 35.2 Å². The molecule has 0 saturated heterocycles. The summed E-state index contributed by atoms with van der Waals surface area (Å²) in [4.78, 5) is 20.6. The first-order chi connectivity index (χ1) is 14.4. The van der Waals surface area contributed by atoms with Crippen LogP contribution in [0.3, 0.4) is 0 Å². The number of hydrogen-bond acceptors (Lipinski definition) is 6. The number of phosphoric ester groups is 1. The minimum atomic E-state index is -4.24. The Hall–Kier alpha value is -0.850. The highest BCUT2D eigenvalue weighted by Crippen LogP contribution is 2.42. The van der Waals surface area contributed by atoms with Gasteiger partial charge >= 0.3 is 13.8 Å². The van der Waals surface area contributed by atoms with Crippen LogP contribution in [0.5, 0.6) is 0 Å². The Morgan fingerprint density at radius 2 is 1.47 bits per heavy atom. The molecule has 0 fully saturated rings. The lowest BCUT2D eigenvalue weighted by atomic mass is 10.1. The van der Waals surface area contributed by atoms with Gasteiger partial charge in [0.15, 0.2) is 0 Å². The Labute approximate surface area is 182 Å². The van der Waals surface area contributed by atoms with Crippen molar-refractivity contribution in [2.45, 2.75) is 103 Å². The number of unbranched alkanes of at least 4 members (excludes halogenated alkanes) is 11. The first kappa shape index (κ1) is 29.1. The van der Waals surface area contributed by atoms with E-state index in [4.69, 9.17) is 9.63 Å². The van der Waals surface area contributed by atoms with Crippen LogP contribution in [0.15, 0.2) is 12.2 Å². The van der Waals surface area contributed by atoms with Crippen LogP contribution >= 0.6 is 7.82 Å². The van der Waals surface area contributed by atoms with E-state index in [0.29, 0.717) is 6.42 Å². The van der Waals surface area contributed by atoms with Crippen LogP contribution in [0.2, 0.25) is 0 Å². The highest BCUT2D eigenvalue weighted by Gasteiger charge is 2.25. The molecule has 0 saturated carbocycles. The van der Waals surface area contributed by atoms with Crippen molar-refractivity contribution in [3.63, 3.8) is 0 Å². The average molecular weight is 450 g/mol. The summed E-state index contributed by atoms with van der Waals surface area (Å²) < 4.78 is 24.3. The van der Waals surface area contributed by atoms with Crippen LogP contribution in [0.25, 0.3) is 0 Å². The maximum Gasteiger partial charge on any atom is 0.511 e. The van der Waals surface area contributed by atoms with Gasteiger partial charge in [0, 0.05) is 6.42 Å². The highest BCUT2D eigenvalue weighted by atomic mass is 31.2. The smallest absolute Gasteiger partial charge is 0.463 e. The van der Waals surface area contributed by atoms with E-state index in [1.54, 1.807) is 0 Å². The molecule has 2 atom stereocenters. The van der Waals surface area contributed by atoms with Crippen molar-refractivity contribution < 1.29 is 33.1 Å². The second-order valence-corrected chi connectivity index (χ2v) is 9.02. The molecule has 0 amide bonds. The Kier molecular flexibility index (Phi) is 19.5. The Morgan fingerprint density at radius 1 is 0.933 bits per heavy atom. The zero-order valence-corrected chi connectivity index (χ0v) is 19.5. The van der Waals surface area contributed by atoms with Crippen LogP contribution in [-0.2, 0) is 23.1 Å². The average Bonchev–Trinajstić information content (AvgIpc) is 2.73. The van der Waals surface area contributed by atoms with E-state index < -0.39 is 26.5 Å². The van der Waals surface area contributed by atoms with Crippen molar-refractivity contribution in [3.05, 3.63) is 19.3 Å². The lowest BCUT2D eigenvalue weighted by molar-refractivity contribution is -0.147. The quantitative estimate of drug-likeness (QED) is 0.0744. The predicted molar refractivity (Wildman–Crippen MR) is 119 cm³/mol. The van der Waals surface area contributed by atoms with Gasteiger partial charge in [0.25, 0.3) is 0 Å². The lowest BCUT2D eigenvalue weighted by Gasteiger charge is -2.12. The second kappa shape index (κ2) is 20.1. The summed E-state index contributed by atoms with van der Waals surface area (Å²) in [7, 11) is -1.45. The molecule has 0 aromatic heterocycles. The van der Waals surface area contributed by atoms with Crippen LogP contribution in [0.4, 0.5) is 0 Å². The molecule has 30 heavy (non-hydrogen) atoms. The van der Waals surface area contributed by atoms with E-state index in [9.17, 15) is 14.5 Å². The van der Waals surface area contributed by atoms with E-state index in [1.165, 1.54) is 51.4 Å². The minimum absolute atomic E-state index is 0.291. The lowest BCUT2D eigenvalue weighted by Crippen LogP contribution is -2.23. The summed E-state index contributed by atoms with van der Waals surface area (Å²) in [6.45, 7) is 1.47. The van der Waals surface area contributed by atoms with Gasteiger partial charge in [0.1, 0.15) is 12.7 Å². The number of allylic oxidation sites excluding steroid dienone is 2. The fourth-order valence-electron chi connectivity index (χ4n) is 2.87. The molecule has 2 unspecified atom stereocenters. The molecule has 0 radical (unpaired) electrons. The van der Waals surface area contributed by atoms with Gasteiger partial charge in [-0.3, -0.25) is 9.32 Å². The largest absolute Gasteiger partial charge is 0.511 e. The summed E-state index contributed by atoms with van der Waals surface area (Å²) in [5.41, 5.74) is 0. The van der Waals surface area contributed by atoms with E-state index in [0.717, 1.165) is 32.1 Å². The fourth-order valence-corrected chi connectivity index (χ4v) is 3.30. The van der Waals surface area contributed by atoms with Gasteiger partial charge in [-0.15, -0.1) is 0 Å². The van der Waals surface area contributed by atoms with Gasteiger partial charge in [-0.2, -0.15) is 0 Å². The van der Waals surface area contributed by atoms with E-state index in [-0.39, 0.29) is 6.61 Å². The minimum Gasteiger partial charge on any atom is -0.463 e. The monoisotopic (exact) mass is 449 g/mol. The molecule has 0 aliphatic rings. The van der Waals surface area contributed by atoms with Crippen molar-refractivity contribution in [1.82, 2.24) is 0 Å². The number of esters is 1. The van der Waals surface area contributed by atoms with Crippen molar-refractivity contribution in [1.29, 1.82) is 0 Å². The van der Waals surface area contributed by atoms with Crippen LogP contribution < -0.4 is 0 Å². The maximum atomic E-state index is 11.6. The summed E-state index contributed by atoms with van der Waals surface area (Å²) in [6, 6.07) is 0. The van der Waals surface area contributed by atoms with Crippen molar-refractivity contribution >= 4 is 13.8 Å². The number of aliphatic hydroxyl groups is 1. The van der Waals surface area contributed by atoms with Gasteiger partial charge in [-0.05, 0) is 32.1 Å². The molecule has 8 heteroatoms. The number of ether oxygens (including phenoxy) is 1. The molecule has 0 aromatic carbocycles. The van der Waals surface area contributed by atoms with Gasteiger partial charge in [0.05, 0.1) is 6.61 Å². The topological polar surface area (TPSA) is 102 Å². The number of rotatable bonds is 21. The number of carbonyl (C=O) groups is 1. The molecule has 0 aromatic rings. The second-order valence-electron chi connectivity index (χ2n) is 7.56. The molecule has 7 nitrogen and oxygen atoms in total. The SMILES string of the molecule is [CH2+]OP(=O)(O)OCC(O)COC(=O)CCCCCCC/C=C\CCCCCCCC. The van der Waals surface area contributed by atoms with Crippen molar-refractivity contribution in [2.24, 2.45) is 0 Å². The number of phosphoric acid groups is 1. The van der Waals surface area contributed by atoms with Crippen molar-refractivity contribution in [2.75, 3.05) is 13.2 Å². The summed E-state index contributed by atoms with van der Waals surface area (Å²) in [5.74, 6) is -0.396. The van der Waals surface area contributed by atoms with E-state index in [1.807, 2.05) is 0 Å². The Bertz CT molecular complexity index is 482. The third kappa shape index (κ3) is 20.4. The van der Waals surface area contributed by atoms with Crippen LogP contribution in [-0.4, -0.2) is 35.3 Å². The summed E-state index contributed by atoms with van der Waals surface area (Å²) in [6.07, 6.45) is 19.2. The number of aliphatic hydroxyl groups excluding tert-OH is 1. The summed E-state index contributed by atoms with van der Waals surface area (Å²) >= 11 is 0. The zero-order chi connectivity index (χ0) is 22.5. The molecular weight excluding hydrogens is 407 g/mol. The van der Waals surface area contributed by atoms with Crippen LogP contribution in [0, 0.1) is 7.11 Å². The zero-order valence-electron chi connectivity index (χ0n) is 18.6. The maximum absolute atomic E-state index is 11.6. The first-order valence-corrected chi connectivity index (χ1v) is 12.8. The molecule has 0 bridgehead atoms. The molecule has 0 aliphatic heterocycles. The molecule has 0 aliphatic carbocycles. The molecule has 176 valence electrons. The van der Waals surface area contributed by atoms with Crippen molar-refractivity contribution in [3.8, 4) is 0 Å². The molecule has 0 spiro atoms. The normalized spacial score (nSPS) is 14.6. The standard InChI is InChI=1S/C22H41O7P/c1-3-4-5-6-7-8-9-10-11-12-13-14-15-16-17-18-22(24)28-19-21(23)20-29-30(25,26)27-2/h10-11,21,23H,2-9,12-20H2,1H3/p+1/b11-10-. The van der Waals surface area contributed by atoms with Gasteiger partial charge < -0.3 is 14.7 Å². The molecular formula is C22H42O7P+. The van der Waals surface area contributed by atoms with Gasteiger partial charge in [0.2, 0.25) is 7.11 Å². The Morgan fingerprint density at radius 3 is 2.03 bits per heavy atom. The molecule has 0 heterocycles. The predicted octanol–water partition coefficient (Wildman–Crippen LogP) is 5.85. The third-order valence-electron chi connectivity index (χ3n) is 4.67. The first-order valence-electron chi connectivity index (χ1n) is 11.3. The van der Waals surface area contributed by atoms with Gasteiger partial charge in [-0.25, -0.2) is 4.57 Å². The van der Waals surface area contributed by atoms with Gasteiger partial charge in [-0.1, -0.05) is 75.0 Å². The molecule has 2 N–H and O–H groups in total. The summed E-state index contributed by atoms with van der Waals surface area (Å²) in [5, 5.41) is 9.54. The Balaban J connectivity index is 3.42. The number of carbonyl (C=O) groups excluding carboxylic acids is 1. The third-order valence-corrected chi connectivity index (χ3v) is 5.47. The fraction of sp³-hybridized carbons (Fsp3) is 0.818. The van der Waals surface area contributed by atoms with Crippen LogP contribution in [0.1, 0.15) is 96.8 Å².